The fraction of sp³-hybridized carbons (Fsp3) is 0.500. The van der Waals surface area contributed by atoms with Gasteiger partial charge in [-0.15, -0.1) is 12.4 Å². The smallest absolute Gasteiger partial charge is 0.233 e. The van der Waals surface area contributed by atoms with Crippen LogP contribution >= 0.6 is 12.4 Å². The van der Waals surface area contributed by atoms with Crippen LogP contribution in [-0.2, 0) is 12.0 Å². The number of aryl methyl sites for hydroxylation is 1. The first-order valence-corrected chi connectivity index (χ1v) is 7.34. The van der Waals surface area contributed by atoms with Gasteiger partial charge in [0.05, 0.1) is 11.5 Å². The lowest BCUT2D eigenvalue weighted by Crippen LogP contribution is -2.44. The van der Waals surface area contributed by atoms with E-state index in [2.05, 4.69) is 48.3 Å². The molecular weight excluding hydrogens is 286 g/mol. The maximum absolute atomic E-state index is 6.23. The lowest BCUT2D eigenvalue weighted by molar-refractivity contribution is 0.228. The Labute approximate surface area is 131 Å². The summed E-state index contributed by atoms with van der Waals surface area (Å²) < 4.78 is 5.42. The number of hydrogen-bond acceptors (Lipinski definition) is 4. The Hall–Kier alpha value is -1.39. The van der Waals surface area contributed by atoms with Crippen LogP contribution in [0.2, 0.25) is 0 Å². The molecule has 0 aliphatic heterocycles. The van der Waals surface area contributed by atoms with Crippen molar-refractivity contribution in [2.45, 2.75) is 51.0 Å². The van der Waals surface area contributed by atoms with E-state index in [0.29, 0.717) is 11.7 Å². The summed E-state index contributed by atoms with van der Waals surface area (Å²) in [6, 6.07) is 8.57. The summed E-state index contributed by atoms with van der Waals surface area (Å²) in [7, 11) is 0. The molecule has 0 bridgehead atoms. The quantitative estimate of drug-likeness (QED) is 0.938. The molecule has 1 aliphatic rings. The Morgan fingerprint density at radius 1 is 1.29 bits per heavy atom. The molecule has 1 heterocycles. The number of aromatic nitrogens is 2. The van der Waals surface area contributed by atoms with E-state index in [-0.39, 0.29) is 23.9 Å². The van der Waals surface area contributed by atoms with Gasteiger partial charge >= 0.3 is 0 Å². The fourth-order valence-electron chi connectivity index (χ4n) is 2.58. The number of nitrogens with zero attached hydrogens (tertiary/aromatic N) is 2. The molecule has 1 fully saturated rings. The van der Waals surface area contributed by atoms with Crippen LogP contribution in [0.15, 0.2) is 28.8 Å². The van der Waals surface area contributed by atoms with Gasteiger partial charge in [0.2, 0.25) is 5.89 Å². The summed E-state index contributed by atoms with van der Waals surface area (Å²) in [6.45, 7) is 4.24. The van der Waals surface area contributed by atoms with Crippen molar-refractivity contribution in [2.24, 2.45) is 5.73 Å². The third-order valence-corrected chi connectivity index (χ3v) is 4.39. The molecule has 0 spiro atoms. The van der Waals surface area contributed by atoms with Gasteiger partial charge in [0.25, 0.3) is 0 Å². The summed E-state index contributed by atoms with van der Waals surface area (Å²) in [6.07, 6.45) is 4.10. The standard InChI is InChI=1S/C16H21N3O.ClH/c1-3-12-5-7-13(8-6-12)11(2)14-18-15(19-20-14)16(17)9-4-10-16;/h5-8,11H,3-4,9-10,17H2,1-2H3;1H. The van der Waals surface area contributed by atoms with Gasteiger partial charge in [0.15, 0.2) is 5.82 Å². The summed E-state index contributed by atoms with van der Waals surface area (Å²) in [5, 5.41) is 4.08. The molecule has 2 aromatic rings. The fourth-order valence-corrected chi connectivity index (χ4v) is 2.58. The predicted molar refractivity (Wildman–Crippen MR) is 84.6 cm³/mol. The maximum atomic E-state index is 6.23. The first-order chi connectivity index (χ1) is 9.62. The Morgan fingerprint density at radius 2 is 1.95 bits per heavy atom. The molecular formula is C16H22ClN3O. The van der Waals surface area contributed by atoms with Crippen molar-refractivity contribution in [2.75, 3.05) is 0 Å². The molecule has 1 aromatic heterocycles. The van der Waals surface area contributed by atoms with Gasteiger partial charge in [-0.3, -0.25) is 0 Å². The van der Waals surface area contributed by atoms with Gasteiger partial charge < -0.3 is 10.3 Å². The Balaban J connectivity index is 0.00000161. The van der Waals surface area contributed by atoms with Crippen LogP contribution in [0.1, 0.15) is 61.9 Å². The van der Waals surface area contributed by atoms with E-state index in [1.807, 2.05) is 0 Å². The number of benzene rings is 1. The van der Waals surface area contributed by atoms with Crippen molar-refractivity contribution >= 4 is 12.4 Å². The second kappa shape index (κ2) is 6.16. The molecule has 114 valence electrons. The molecule has 0 amide bonds. The first-order valence-electron chi connectivity index (χ1n) is 7.34. The van der Waals surface area contributed by atoms with E-state index < -0.39 is 0 Å². The molecule has 1 unspecified atom stereocenters. The third kappa shape index (κ3) is 2.97. The van der Waals surface area contributed by atoms with Crippen molar-refractivity contribution in [3.8, 4) is 0 Å². The predicted octanol–water partition coefficient (Wildman–Crippen LogP) is 3.54. The topological polar surface area (TPSA) is 64.9 Å². The van der Waals surface area contributed by atoms with Crippen molar-refractivity contribution in [1.29, 1.82) is 0 Å². The summed E-state index contributed by atoms with van der Waals surface area (Å²) >= 11 is 0. The Kier molecular flexibility index (Phi) is 4.69. The summed E-state index contributed by atoms with van der Waals surface area (Å²) in [5.74, 6) is 1.42. The second-order valence-corrected chi connectivity index (χ2v) is 5.78. The Morgan fingerprint density at radius 3 is 2.48 bits per heavy atom. The number of hydrogen-bond donors (Lipinski definition) is 1. The molecule has 0 saturated heterocycles. The van der Waals surface area contributed by atoms with Gasteiger partial charge in [0, 0.05) is 0 Å². The minimum Gasteiger partial charge on any atom is -0.339 e. The molecule has 2 N–H and O–H groups in total. The molecule has 4 nitrogen and oxygen atoms in total. The summed E-state index contributed by atoms with van der Waals surface area (Å²) in [5.41, 5.74) is 8.40. The minimum absolute atomic E-state index is 0. The highest BCUT2D eigenvalue weighted by molar-refractivity contribution is 5.85. The number of halogens is 1. The van der Waals surface area contributed by atoms with E-state index >= 15 is 0 Å². The average molecular weight is 308 g/mol. The molecule has 1 saturated carbocycles. The zero-order chi connectivity index (χ0) is 14.2. The zero-order valence-corrected chi connectivity index (χ0v) is 13.3. The van der Waals surface area contributed by atoms with Gasteiger partial charge in [0.1, 0.15) is 0 Å². The molecule has 3 rings (SSSR count). The summed E-state index contributed by atoms with van der Waals surface area (Å²) in [4.78, 5) is 4.52. The third-order valence-electron chi connectivity index (χ3n) is 4.39. The van der Waals surface area contributed by atoms with Gasteiger partial charge in [-0.25, -0.2) is 0 Å². The van der Waals surface area contributed by atoms with Gasteiger partial charge in [-0.2, -0.15) is 4.98 Å². The van der Waals surface area contributed by atoms with E-state index in [0.717, 1.165) is 25.7 Å². The molecule has 0 radical (unpaired) electrons. The average Bonchev–Trinajstić information content (AvgIpc) is 2.94. The monoisotopic (exact) mass is 307 g/mol. The van der Waals surface area contributed by atoms with Crippen LogP contribution < -0.4 is 5.73 Å². The minimum atomic E-state index is -0.354. The molecule has 21 heavy (non-hydrogen) atoms. The van der Waals surface area contributed by atoms with Crippen LogP contribution in [0, 0.1) is 0 Å². The zero-order valence-electron chi connectivity index (χ0n) is 12.5. The number of nitrogens with two attached hydrogens (primary N) is 1. The largest absolute Gasteiger partial charge is 0.339 e. The van der Waals surface area contributed by atoms with E-state index in [4.69, 9.17) is 10.3 Å². The number of rotatable bonds is 4. The van der Waals surface area contributed by atoms with E-state index in [9.17, 15) is 0 Å². The molecule has 1 atom stereocenters. The van der Waals surface area contributed by atoms with E-state index in [1.165, 1.54) is 11.1 Å². The Bertz CT molecular complexity index is 590. The van der Waals surface area contributed by atoms with Crippen LogP contribution in [-0.4, -0.2) is 10.1 Å². The van der Waals surface area contributed by atoms with Crippen molar-refractivity contribution in [3.05, 3.63) is 47.1 Å². The molecule has 1 aromatic carbocycles. The highest BCUT2D eigenvalue weighted by atomic mass is 35.5. The molecule has 1 aliphatic carbocycles. The first kappa shape index (κ1) is 16.0. The lowest BCUT2D eigenvalue weighted by atomic mass is 9.77. The molecule has 5 heteroatoms. The van der Waals surface area contributed by atoms with Crippen LogP contribution in [0.4, 0.5) is 0 Å². The maximum Gasteiger partial charge on any atom is 0.233 e. The van der Waals surface area contributed by atoms with Crippen LogP contribution in [0.3, 0.4) is 0 Å². The van der Waals surface area contributed by atoms with Crippen LogP contribution in [0.25, 0.3) is 0 Å². The second-order valence-electron chi connectivity index (χ2n) is 5.78. The lowest BCUT2D eigenvalue weighted by Gasteiger charge is -2.34. The van der Waals surface area contributed by atoms with Crippen LogP contribution in [0.5, 0.6) is 0 Å². The van der Waals surface area contributed by atoms with Crippen molar-refractivity contribution < 1.29 is 4.52 Å². The highest BCUT2D eigenvalue weighted by Gasteiger charge is 2.39. The van der Waals surface area contributed by atoms with Crippen molar-refractivity contribution in [3.63, 3.8) is 0 Å². The normalized spacial score (nSPS) is 17.7. The van der Waals surface area contributed by atoms with E-state index in [1.54, 1.807) is 0 Å². The van der Waals surface area contributed by atoms with Crippen molar-refractivity contribution in [1.82, 2.24) is 10.1 Å². The SMILES string of the molecule is CCc1ccc(C(C)c2nc(C3(N)CCC3)no2)cc1.Cl. The van der Waals surface area contributed by atoms with Gasteiger partial charge in [-0.05, 0) is 43.7 Å². The highest BCUT2D eigenvalue weighted by Crippen LogP contribution is 2.37. The van der Waals surface area contributed by atoms with Gasteiger partial charge in [-0.1, -0.05) is 36.3 Å².